The third kappa shape index (κ3) is 3.45. The molecule has 3 heterocycles. The molecule has 0 aliphatic carbocycles. The second-order valence-electron chi connectivity index (χ2n) is 5.80. The Morgan fingerprint density at radius 1 is 1.12 bits per heavy atom. The zero-order valence-electron chi connectivity index (χ0n) is 14.0. The molecule has 5 nitrogen and oxygen atoms in total. The number of nitrogens with zero attached hydrogens (tertiary/aromatic N) is 2. The average molecular weight is 363 g/mol. The molecule has 0 unspecified atom stereocenters. The lowest BCUT2D eigenvalue weighted by Gasteiger charge is -2.22. The quantitative estimate of drug-likeness (QED) is 0.546. The number of amides is 1. The molecule has 0 bridgehead atoms. The van der Waals surface area contributed by atoms with Crippen LogP contribution >= 0.6 is 11.3 Å². The van der Waals surface area contributed by atoms with Gasteiger partial charge in [0, 0.05) is 22.8 Å². The fourth-order valence-corrected chi connectivity index (χ4v) is 3.56. The van der Waals surface area contributed by atoms with Gasteiger partial charge in [0.05, 0.1) is 24.9 Å². The molecule has 4 aromatic rings. The van der Waals surface area contributed by atoms with Crippen molar-refractivity contribution in [2.45, 2.75) is 13.1 Å². The first kappa shape index (κ1) is 16.4. The number of hydrogen-bond donors (Lipinski definition) is 1. The second kappa shape index (κ2) is 7.41. The highest BCUT2D eigenvalue weighted by Gasteiger charge is 2.22. The van der Waals surface area contributed by atoms with Crippen LogP contribution in [-0.4, -0.2) is 20.8 Å². The van der Waals surface area contributed by atoms with Gasteiger partial charge < -0.3 is 14.3 Å². The number of thiophene rings is 1. The number of imidazole rings is 1. The van der Waals surface area contributed by atoms with Gasteiger partial charge in [-0.15, -0.1) is 11.3 Å². The van der Waals surface area contributed by atoms with Gasteiger partial charge in [-0.1, -0.05) is 24.3 Å². The molecule has 0 atom stereocenters. The van der Waals surface area contributed by atoms with Crippen molar-refractivity contribution in [1.82, 2.24) is 14.9 Å². The molecule has 0 radical (unpaired) electrons. The summed E-state index contributed by atoms with van der Waals surface area (Å²) >= 11 is 1.64. The maximum absolute atomic E-state index is 13.4. The summed E-state index contributed by atoms with van der Waals surface area (Å²) < 4.78 is 5.46. The summed E-state index contributed by atoms with van der Waals surface area (Å²) in [6.07, 6.45) is 5.06. The van der Waals surface area contributed by atoms with Gasteiger partial charge in [0.2, 0.25) is 0 Å². The molecule has 3 aromatic heterocycles. The minimum atomic E-state index is -0.0539. The number of rotatable bonds is 6. The predicted octanol–water partition coefficient (Wildman–Crippen LogP) is 4.57. The van der Waals surface area contributed by atoms with Crippen molar-refractivity contribution in [3.63, 3.8) is 0 Å². The maximum atomic E-state index is 13.4. The Morgan fingerprint density at radius 3 is 2.77 bits per heavy atom. The number of aromatic amines is 1. The van der Waals surface area contributed by atoms with Crippen LogP contribution in [0, 0.1) is 0 Å². The number of H-pyrrole nitrogens is 1. The van der Waals surface area contributed by atoms with Gasteiger partial charge in [0.25, 0.3) is 5.91 Å². The third-order valence-corrected chi connectivity index (χ3v) is 4.91. The number of carbonyl (C=O) groups excluding carboxylic acids is 1. The van der Waals surface area contributed by atoms with E-state index in [1.807, 2.05) is 53.9 Å². The van der Waals surface area contributed by atoms with Gasteiger partial charge in [0.1, 0.15) is 11.6 Å². The molecule has 0 spiro atoms. The van der Waals surface area contributed by atoms with Crippen molar-refractivity contribution >= 4 is 17.2 Å². The van der Waals surface area contributed by atoms with Crippen molar-refractivity contribution in [3.8, 4) is 11.4 Å². The van der Waals surface area contributed by atoms with Crippen LogP contribution in [-0.2, 0) is 13.1 Å². The first-order valence-electron chi connectivity index (χ1n) is 8.24. The summed E-state index contributed by atoms with van der Waals surface area (Å²) in [5.74, 6) is 1.38. The monoisotopic (exact) mass is 363 g/mol. The third-order valence-electron chi connectivity index (χ3n) is 4.05. The largest absolute Gasteiger partial charge is 0.467 e. The molecule has 0 saturated heterocycles. The van der Waals surface area contributed by atoms with Gasteiger partial charge in [-0.2, -0.15) is 0 Å². The maximum Gasteiger partial charge on any atom is 0.255 e. The minimum absolute atomic E-state index is 0.0539. The van der Waals surface area contributed by atoms with E-state index in [-0.39, 0.29) is 5.91 Å². The lowest BCUT2D eigenvalue weighted by Crippen LogP contribution is -2.30. The van der Waals surface area contributed by atoms with Crippen LogP contribution in [0.1, 0.15) is 21.0 Å². The Kier molecular flexibility index (Phi) is 4.66. The summed E-state index contributed by atoms with van der Waals surface area (Å²) in [7, 11) is 0. The summed E-state index contributed by atoms with van der Waals surface area (Å²) in [5, 5.41) is 2.02. The zero-order chi connectivity index (χ0) is 17.8. The van der Waals surface area contributed by atoms with E-state index in [1.54, 1.807) is 34.9 Å². The normalized spacial score (nSPS) is 10.8. The van der Waals surface area contributed by atoms with Crippen molar-refractivity contribution in [1.29, 1.82) is 0 Å². The molecule has 0 aliphatic heterocycles. The number of aromatic nitrogens is 2. The Balaban J connectivity index is 1.68. The molecule has 0 aliphatic rings. The molecule has 1 aromatic carbocycles. The molecule has 1 amide bonds. The van der Waals surface area contributed by atoms with E-state index in [4.69, 9.17) is 4.42 Å². The first-order valence-corrected chi connectivity index (χ1v) is 9.12. The molecule has 0 saturated carbocycles. The number of nitrogens with one attached hydrogen (secondary N) is 1. The Hall–Kier alpha value is -3.12. The zero-order valence-corrected chi connectivity index (χ0v) is 14.8. The Bertz CT molecular complexity index is 924. The van der Waals surface area contributed by atoms with Crippen molar-refractivity contribution in [3.05, 3.63) is 88.8 Å². The summed E-state index contributed by atoms with van der Waals surface area (Å²) in [6.45, 7) is 0.944. The van der Waals surface area contributed by atoms with Crippen LogP contribution in [0.4, 0.5) is 0 Å². The number of carbonyl (C=O) groups is 1. The van der Waals surface area contributed by atoms with Crippen LogP contribution in [0.25, 0.3) is 11.4 Å². The molecular formula is C20H17N3O2S. The van der Waals surface area contributed by atoms with Crippen molar-refractivity contribution < 1.29 is 9.21 Å². The lowest BCUT2D eigenvalue weighted by atomic mass is 10.1. The van der Waals surface area contributed by atoms with E-state index >= 15 is 0 Å². The first-order chi connectivity index (χ1) is 12.8. The standard InChI is InChI=1S/C20H17N3O2S/c24-20(18-8-2-1-7-17(18)19-21-9-10-22-19)23(13-15-5-3-11-25-15)14-16-6-4-12-26-16/h1-12H,13-14H2,(H,21,22). The molecule has 0 fully saturated rings. The number of furan rings is 1. The van der Waals surface area contributed by atoms with Crippen LogP contribution in [0.3, 0.4) is 0 Å². The van der Waals surface area contributed by atoms with Gasteiger partial charge in [-0.25, -0.2) is 4.98 Å². The number of benzene rings is 1. The Labute approximate surface area is 154 Å². The van der Waals surface area contributed by atoms with Crippen LogP contribution in [0.5, 0.6) is 0 Å². The van der Waals surface area contributed by atoms with Gasteiger partial charge >= 0.3 is 0 Å². The van der Waals surface area contributed by atoms with E-state index in [0.29, 0.717) is 24.5 Å². The fraction of sp³-hybridized carbons (Fsp3) is 0.100. The van der Waals surface area contributed by atoms with Crippen LogP contribution in [0.15, 0.2) is 77.0 Å². The lowest BCUT2D eigenvalue weighted by molar-refractivity contribution is 0.0720. The fourth-order valence-electron chi connectivity index (χ4n) is 2.84. The number of hydrogen-bond acceptors (Lipinski definition) is 4. The van der Waals surface area contributed by atoms with E-state index < -0.39 is 0 Å². The summed E-state index contributed by atoms with van der Waals surface area (Å²) in [5.41, 5.74) is 1.41. The molecule has 4 rings (SSSR count). The Morgan fingerprint density at radius 2 is 2.04 bits per heavy atom. The van der Waals surface area contributed by atoms with E-state index in [9.17, 15) is 4.79 Å². The summed E-state index contributed by atoms with van der Waals surface area (Å²) in [4.78, 5) is 23.7. The molecule has 130 valence electrons. The van der Waals surface area contributed by atoms with Gasteiger partial charge in [-0.05, 0) is 29.6 Å². The van der Waals surface area contributed by atoms with Crippen LogP contribution in [0.2, 0.25) is 0 Å². The topological polar surface area (TPSA) is 62.1 Å². The molecule has 6 heteroatoms. The smallest absolute Gasteiger partial charge is 0.255 e. The predicted molar refractivity (Wildman–Crippen MR) is 101 cm³/mol. The van der Waals surface area contributed by atoms with Crippen molar-refractivity contribution in [2.75, 3.05) is 0 Å². The van der Waals surface area contributed by atoms with E-state index in [0.717, 1.165) is 16.2 Å². The highest BCUT2D eigenvalue weighted by molar-refractivity contribution is 7.09. The van der Waals surface area contributed by atoms with E-state index in [1.165, 1.54) is 0 Å². The van der Waals surface area contributed by atoms with E-state index in [2.05, 4.69) is 9.97 Å². The van der Waals surface area contributed by atoms with Crippen LogP contribution < -0.4 is 0 Å². The minimum Gasteiger partial charge on any atom is -0.467 e. The molecular weight excluding hydrogens is 346 g/mol. The van der Waals surface area contributed by atoms with Crippen molar-refractivity contribution in [2.24, 2.45) is 0 Å². The molecule has 26 heavy (non-hydrogen) atoms. The molecule has 1 N–H and O–H groups in total. The SMILES string of the molecule is O=C(c1ccccc1-c1ncc[nH]1)N(Cc1ccco1)Cc1cccs1. The summed E-state index contributed by atoms with van der Waals surface area (Å²) in [6, 6.07) is 15.3. The highest BCUT2D eigenvalue weighted by atomic mass is 32.1. The highest BCUT2D eigenvalue weighted by Crippen LogP contribution is 2.24. The van der Waals surface area contributed by atoms with Gasteiger partial charge in [-0.3, -0.25) is 4.79 Å². The second-order valence-corrected chi connectivity index (χ2v) is 6.84. The average Bonchev–Trinajstić information content (AvgIpc) is 3.43. The van der Waals surface area contributed by atoms with Gasteiger partial charge in [0.15, 0.2) is 0 Å².